The molecule has 1 atom stereocenters. The van der Waals surface area contributed by atoms with Gasteiger partial charge in [-0.05, 0) is 42.5 Å². The van der Waals surface area contributed by atoms with E-state index in [1.165, 1.54) is 5.56 Å². The number of hydrogen-bond donors (Lipinski definition) is 1. The van der Waals surface area contributed by atoms with Gasteiger partial charge in [0.15, 0.2) is 0 Å². The predicted octanol–water partition coefficient (Wildman–Crippen LogP) is 4.56. The monoisotopic (exact) mass is 388 g/mol. The van der Waals surface area contributed by atoms with Crippen molar-refractivity contribution < 1.29 is 14.3 Å². The Bertz CT molecular complexity index is 1010. The van der Waals surface area contributed by atoms with Crippen molar-refractivity contribution in [1.29, 1.82) is 5.26 Å². The number of nitrogens with zero attached hydrogens (tertiary/aromatic N) is 1. The van der Waals surface area contributed by atoms with Crippen molar-refractivity contribution in [2.75, 3.05) is 6.61 Å². The fourth-order valence-electron chi connectivity index (χ4n) is 3.49. The molecule has 148 valence electrons. The minimum Gasteiger partial charge on any atom is -0.463 e. The average Bonchev–Trinajstić information content (AvgIpc) is 2.73. The molecule has 0 spiro atoms. The summed E-state index contributed by atoms with van der Waals surface area (Å²) in [7, 11) is 0. The van der Waals surface area contributed by atoms with Crippen LogP contribution in [0.5, 0.6) is 0 Å². The molecular formula is C24H24N2O3. The van der Waals surface area contributed by atoms with E-state index in [2.05, 4.69) is 37.3 Å². The third kappa shape index (κ3) is 4.02. The predicted molar refractivity (Wildman–Crippen MR) is 111 cm³/mol. The van der Waals surface area contributed by atoms with E-state index in [9.17, 15) is 10.1 Å². The quantitative estimate of drug-likeness (QED) is 0.759. The number of benzene rings is 2. The molecule has 0 fully saturated rings. The Balaban J connectivity index is 2.01. The second-order valence-electron chi connectivity index (χ2n) is 6.79. The number of rotatable bonds is 5. The largest absolute Gasteiger partial charge is 0.463 e. The molecule has 0 saturated carbocycles. The molecule has 2 aromatic carbocycles. The van der Waals surface area contributed by atoms with Crippen LogP contribution in [0.15, 0.2) is 71.3 Å². The van der Waals surface area contributed by atoms with E-state index in [1.807, 2.05) is 24.3 Å². The van der Waals surface area contributed by atoms with Crippen LogP contribution in [0, 0.1) is 11.3 Å². The van der Waals surface area contributed by atoms with Crippen molar-refractivity contribution in [3.05, 3.63) is 82.4 Å². The number of carbonyl (C=O) groups is 1. The molecule has 0 bridgehead atoms. The molecule has 1 heterocycles. The third-order valence-electron chi connectivity index (χ3n) is 5.04. The van der Waals surface area contributed by atoms with Gasteiger partial charge in [0.1, 0.15) is 17.4 Å². The van der Waals surface area contributed by atoms with Crippen LogP contribution in [-0.4, -0.2) is 12.6 Å². The number of allylic oxidation sites excluding steroid dienone is 2. The van der Waals surface area contributed by atoms with Crippen LogP contribution in [0.1, 0.15) is 37.8 Å². The number of carbonyl (C=O) groups excluding carboxylic acids is 1. The number of hydrogen-bond acceptors (Lipinski definition) is 5. The fraction of sp³-hybridized carbons (Fsp3) is 0.250. The molecule has 0 saturated heterocycles. The van der Waals surface area contributed by atoms with E-state index >= 15 is 0 Å². The molecule has 29 heavy (non-hydrogen) atoms. The van der Waals surface area contributed by atoms with Gasteiger partial charge in [0.2, 0.25) is 5.88 Å². The molecular weight excluding hydrogens is 364 g/mol. The van der Waals surface area contributed by atoms with Gasteiger partial charge >= 0.3 is 5.97 Å². The standard InChI is InChI=1S/C24H24N2O3/c1-4-16-6-8-17(9-7-16)18-10-12-19(13-11-18)22-20(14-25)23(26)29-15(3)21(22)24(27)28-5-2/h6-13,22H,4-5,26H2,1-3H3. The van der Waals surface area contributed by atoms with Crippen LogP contribution in [0.4, 0.5) is 0 Å². The van der Waals surface area contributed by atoms with Crippen molar-refractivity contribution in [3.63, 3.8) is 0 Å². The molecule has 0 radical (unpaired) electrons. The number of ether oxygens (including phenoxy) is 2. The maximum absolute atomic E-state index is 12.6. The van der Waals surface area contributed by atoms with Gasteiger partial charge in [-0.2, -0.15) is 5.26 Å². The summed E-state index contributed by atoms with van der Waals surface area (Å²) in [4.78, 5) is 12.6. The van der Waals surface area contributed by atoms with Crippen molar-refractivity contribution in [1.82, 2.24) is 0 Å². The Morgan fingerprint density at radius 3 is 2.21 bits per heavy atom. The normalized spacial score (nSPS) is 16.3. The van der Waals surface area contributed by atoms with E-state index < -0.39 is 11.9 Å². The second-order valence-corrected chi connectivity index (χ2v) is 6.79. The molecule has 0 amide bonds. The summed E-state index contributed by atoms with van der Waals surface area (Å²) in [6.45, 7) is 5.75. The zero-order valence-corrected chi connectivity index (χ0v) is 16.9. The number of nitrogens with two attached hydrogens (primary N) is 1. The van der Waals surface area contributed by atoms with E-state index in [0.29, 0.717) is 11.3 Å². The molecule has 1 aliphatic rings. The van der Waals surface area contributed by atoms with Gasteiger partial charge in [0, 0.05) is 0 Å². The highest BCUT2D eigenvalue weighted by Gasteiger charge is 2.36. The van der Waals surface area contributed by atoms with Gasteiger partial charge in [-0.15, -0.1) is 0 Å². The Hall–Kier alpha value is -3.52. The molecule has 0 aliphatic carbocycles. The Labute approximate surface area is 171 Å². The smallest absolute Gasteiger partial charge is 0.338 e. The highest BCUT2D eigenvalue weighted by molar-refractivity contribution is 5.92. The lowest BCUT2D eigenvalue weighted by molar-refractivity contribution is -0.139. The van der Waals surface area contributed by atoms with E-state index in [0.717, 1.165) is 23.1 Å². The van der Waals surface area contributed by atoms with Gasteiger partial charge in [-0.25, -0.2) is 4.79 Å². The van der Waals surface area contributed by atoms with Gasteiger partial charge in [-0.1, -0.05) is 55.5 Å². The number of nitriles is 1. The average molecular weight is 388 g/mol. The van der Waals surface area contributed by atoms with Gasteiger partial charge < -0.3 is 15.2 Å². The van der Waals surface area contributed by atoms with Crippen LogP contribution < -0.4 is 5.73 Å². The fourth-order valence-corrected chi connectivity index (χ4v) is 3.49. The highest BCUT2D eigenvalue weighted by Crippen LogP contribution is 2.40. The minimum atomic E-state index is -0.621. The Kier molecular flexibility index (Phi) is 6.04. The molecule has 5 nitrogen and oxygen atoms in total. The van der Waals surface area contributed by atoms with E-state index in [-0.39, 0.29) is 18.1 Å². The topological polar surface area (TPSA) is 85.3 Å². The van der Waals surface area contributed by atoms with Gasteiger partial charge in [-0.3, -0.25) is 0 Å². The van der Waals surface area contributed by atoms with Gasteiger partial charge in [0.25, 0.3) is 0 Å². The summed E-state index contributed by atoms with van der Waals surface area (Å²) < 4.78 is 10.6. The molecule has 1 aliphatic heterocycles. The van der Waals surface area contributed by atoms with E-state index in [1.54, 1.807) is 13.8 Å². The summed E-state index contributed by atoms with van der Waals surface area (Å²) in [6.07, 6.45) is 0.996. The highest BCUT2D eigenvalue weighted by atomic mass is 16.5. The Morgan fingerprint density at radius 1 is 1.10 bits per heavy atom. The number of esters is 1. The summed E-state index contributed by atoms with van der Waals surface area (Å²) in [5, 5.41) is 9.65. The summed E-state index contributed by atoms with van der Waals surface area (Å²) in [5.74, 6) is -0.759. The molecule has 5 heteroatoms. The van der Waals surface area contributed by atoms with Crippen molar-refractivity contribution in [2.45, 2.75) is 33.1 Å². The SMILES string of the molecule is CCOC(=O)C1=C(C)OC(N)=C(C#N)C1c1ccc(-c2ccc(CC)cc2)cc1. The van der Waals surface area contributed by atoms with Crippen LogP contribution in [0.2, 0.25) is 0 Å². The number of aryl methyl sites for hydroxylation is 1. The first-order chi connectivity index (χ1) is 14.0. The summed E-state index contributed by atoms with van der Waals surface area (Å²) in [5.41, 5.74) is 10.7. The van der Waals surface area contributed by atoms with Crippen molar-refractivity contribution in [3.8, 4) is 17.2 Å². The molecule has 1 unspecified atom stereocenters. The third-order valence-corrected chi connectivity index (χ3v) is 5.04. The van der Waals surface area contributed by atoms with Crippen LogP contribution in [0.25, 0.3) is 11.1 Å². The summed E-state index contributed by atoms with van der Waals surface area (Å²) >= 11 is 0. The first-order valence-corrected chi connectivity index (χ1v) is 9.64. The Morgan fingerprint density at radius 2 is 1.69 bits per heavy atom. The van der Waals surface area contributed by atoms with Crippen LogP contribution in [-0.2, 0) is 20.7 Å². The molecule has 2 aromatic rings. The lowest BCUT2D eigenvalue weighted by atomic mass is 9.82. The maximum atomic E-state index is 12.6. The minimum absolute atomic E-state index is 0.0160. The van der Waals surface area contributed by atoms with Gasteiger partial charge in [0.05, 0.1) is 18.1 Å². The van der Waals surface area contributed by atoms with E-state index in [4.69, 9.17) is 15.2 Å². The van der Waals surface area contributed by atoms with Crippen LogP contribution in [0.3, 0.4) is 0 Å². The molecule has 0 aromatic heterocycles. The lowest BCUT2D eigenvalue weighted by Gasteiger charge is -2.27. The second kappa shape index (κ2) is 8.66. The zero-order valence-electron chi connectivity index (χ0n) is 16.9. The van der Waals surface area contributed by atoms with Crippen molar-refractivity contribution >= 4 is 5.97 Å². The first kappa shape index (κ1) is 20.2. The summed E-state index contributed by atoms with van der Waals surface area (Å²) in [6, 6.07) is 18.3. The zero-order chi connectivity index (χ0) is 21.0. The maximum Gasteiger partial charge on any atom is 0.338 e. The first-order valence-electron chi connectivity index (χ1n) is 9.64. The lowest BCUT2D eigenvalue weighted by Crippen LogP contribution is -2.25. The molecule has 3 rings (SSSR count). The van der Waals surface area contributed by atoms with Crippen molar-refractivity contribution in [2.24, 2.45) is 5.73 Å². The van der Waals surface area contributed by atoms with Crippen LogP contribution >= 0.6 is 0 Å². The molecule has 2 N–H and O–H groups in total.